The van der Waals surface area contributed by atoms with E-state index in [-0.39, 0.29) is 5.92 Å². The van der Waals surface area contributed by atoms with Gasteiger partial charge in [-0.15, -0.1) is 5.92 Å². The Morgan fingerprint density at radius 1 is 1.55 bits per heavy atom. The van der Waals surface area contributed by atoms with Gasteiger partial charge >= 0.3 is 0 Å². The Balaban J connectivity index is 4.20. The van der Waals surface area contributed by atoms with Crippen molar-refractivity contribution in [1.29, 1.82) is 0 Å². The highest BCUT2D eigenvalue weighted by atomic mass is 16.3. The number of allylic oxidation sites excluding steroid dienone is 1. The highest BCUT2D eigenvalue weighted by molar-refractivity contribution is 5.12. The van der Waals surface area contributed by atoms with Gasteiger partial charge in [-0.3, -0.25) is 0 Å². The summed E-state index contributed by atoms with van der Waals surface area (Å²) < 4.78 is 0. The highest BCUT2D eigenvalue weighted by Crippen LogP contribution is 2.10. The van der Waals surface area contributed by atoms with E-state index >= 15 is 0 Å². The summed E-state index contributed by atoms with van der Waals surface area (Å²) in [5, 5.41) is 9.55. The van der Waals surface area contributed by atoms with Gasteiger partial charge in [0.1, 0.15) is 0 Å². The molecule has 0 bridgehead atoms. The molecule has 0 fully saturated rings. The zero-order valence-electron chi connectivity index (χ0n) is 7.68. The second kappa shape index (κ2) is 4.98. The third kappa shape index (κ3) is 3.25. The molecule has 0 aromatic heterocycles. The molecule has 11 heavy (non-hydrogen) atoms. The summed E-state index contributed by atoms with van der Waals surface area (Å²) in [5.41, 5.74) is 0.986. The van der Waals surface area contributed by atoms with E-state index in [0.717, 1.165) is 5.57 Å². The van der Waals surface area contributed by atoms with Gasteiger partial charge in [-0.1, -0.05) is 12.0 Å². The summed E-state index contributed by atoms with van der Waals surface area (Å²) in [5.74, 6) is 5.75. The largest absolute Gasteiger partial charge is 0.387 e. The molecule has 0 saturated carbocycles. The monoisotopic (exact) mass is 152 g/mol. The molecular weight excluding hydrogens is 136 g/mol. The minimum atomic E-state index is -0.410. The predicted octanol–water partition coefficient (Wildman–Crippen LogP) is 1.97. The second-order valence-electron chi connectivity index (χ2n) is 2.66. The van der Waals surface area contributed by atoms with Crippen LogP contribution in [0.2, 0.25) is 0 Å². The molecule has 1 N–H and O–H groups in total. The minimum absolute atomic E-state index is 0.0381. The smallest absolute Gasteiger partial charge is 0.0881 e. The zero-order chi connectivity index (χ0) is 8.85. The number of rotatable bonds is 2. The molecule has 62 valence electrons. The fourth-order valence-corrected chi connectivity index (χ4v) is 0.872. The van der Waals surface area contributed by atoms with Crippen molar-refractivity contribution in [2.45, 2.75) is 33.8 Å². The van der Waals surface area contributed by atoms with Crippen molar-refractivity contribution in [3.63, 3.8) is 0 Å². The first kappa shape index (κ1) is 10.3. The highest BCUT2D eigenvalue weighted by Gasteiger charge is 2.11. The minimum Gasteiger partial charge on any atom is -0.387 e. The summed E-state index contributed by atoms with van der Waals surface area (Å²) in [6.07, 6.45) is 1.51. The molecule has 0 amide bonds. The molecule has 0 radical (unpaired) electrons. The van der Waals surface area contributed by atoms with E-state index in [1.807, 2.05) is 26.8 Å². The molecule has 1 heteroatoms. The van der Waals surface area contributed by atoms with Crippen LogP contribution < -0.4 is 0 Å². The fraction of sp³-hybridized carbons (Fsp3) is 0.600. The number of aliphatic hydroxyl groups excluding tert-OH is 1. The Hall–Kier alpha value is -0.740. The molecule has 2 unspecified atom stereocenters. The van der Waals surface area contributed by atoms with Crippen LogP contribution in [-0.4, -0.2) is 11.2 Å². The summed E-state index contributed by atoms with van der Waals surface area (Å²) in [7, 11) is 0. The Kier molecular flexibility index (Phi) is 4.65. The molecular formula is C10H16O. The second-order valence-corrected chi connectivity index (χ2v) is 2.66. The van der Waals surface area contributed by atoms with Crippen molar-refractivity contribution < 1.29 is 5.11 Å². The van der Waals surface area contributed by atoms with Gasteiger partial charge in [-0.2, -0.15) is 0 Å². The number of hydrogen-bond acceptors (Lipinski definition) is 1. The molecule has 0 aliphatic rings. The topological polar surface area (TPSA) is 20.2 Å². The van der Waals surface area contributed by atoms with Crippen LogP contribution in [0.1, 0.15) is 27.7 Å². The Labute approximate surface area is 69.1 Å². The van der Waals surface area contributed by atoms with Crippen LogP contribution in [0.25, 0.3) is 0 Å². The van der Waals surface area contributed by atoms with E-state index in [0.29, 0.717) is 0 Å². The van der Waals surface area contributed by atoms with Crippen molar-refractivity contribution in [3.8, 4) is 11.8 Å². The van der Waals surface area contributed by atoms with Crippen molar-refractivity contribution in [1.82, 2.24) is 0 Å². The maximum atomic E-state index is 9.55. The Morgan fingerprint density at radius 3 is 2.45 bits per heavy atom. The van der Waals surface area contributed by atoms with Gasteiger partial charge in [0, 0.05) is 5.92 Å². The first-order chi connectivity index (χ1) is 5.13. The van der Waals surface area contributed by atoms with Crippen molar-refractivity contribution >= 4 is 0 Å². The summed E-state index contributed by atoms with van der Waals surface area (Å²) >= 11 is 0. The molecule has 2 atom stereocenters. The summed E-state index contributed by atoms with van der Waals surface area (Å²) in [4.78, 5) is 0. The zero-order valence-corrected chi connectivity index (χ0v) is 7.68. The molecule has 0 aliphatic carbocycles. The van der Waals surface area contributed by atoms with E-state index in [9.17, 15) is 5.11 Å². The van der Waals surface area contributed by atoms with Crippen LogP contribution >= 0.6 is 0 Å². The molecule has 0 rings (SSSR count). The van der Waals surface area contributed by atoms with E-state index < -0.39 is 6.10 Å². The Morgan fingerprint density at radius 2 is 2.09 bits per heavy atom. The molecule has 0 aromatic rings. The van der Waals surface area contributed by atoms with Gasteiger partial charge in [0.05, 0.1) is 6.10 Å². The third-order valence-corrected chi connectivity index (χ3v) is 1.77. The average molecular weight is 152 g/mol. The normalized spacial score (nSPS) is 16.6. The van der Waals surface area contributed by atoms with Crippen LogP contribution in [0.5, 0.6) is 0 Å². The van der Waals surface area contributed by atoms with Crippen LogP contribution in [0.4, 0.5) is 0 Å². The van der Waals surface area contributed by atoms with Crippen LogP contribution in [-0.2, 0) is 0 Å². The lowest BCUT2D eigenvalue weighted by Gasteiger charge is -2.13. The summed E-state index contributed by atoms with van der Waals surface area (Å²) in [6.45, 7) is 7.55. The van der Waals surface area contributed by atoms with Gasteiger partial charge in [0.2, 0.25) is 0 Å². The Bertz CT molecular complexity index is 193. The lowest BCUT2D eigenvalue weighted by Crippen LogP contribution is -2.17. The van der Waals surface area contributed by atoms with E-state index in [1.165, 1.54) is 0 Å². The van der Waals surface area contributed by atoms with Crippen molar-refractivity contribution in [3.05, 3.63) is 11.6 Å². The molecule has 0 saturated heterocycles. The summed E-state index contributed by atoms with van der Waals surface area (Å²) in [6, 6.07) is 0. The maximum Gasteiger partial charge on any atom is 0.0881 e. The maximum absolute atomic E-state index is 9.55. The fourth-order valence-electron chi connectivity index (χ4n) is 0.872. The van der Waals surface area contributed by atoms with Crippen LogP contribution in [0.15, 0.2) is 11.6 Å². The average Bonchev–Trinajstić information content (AvgIpc) is 2.02. The lowest BCUT2D eigenvalue weighted by atomic mass is 9.99. The van der Waals surface area contributed by atoms with Gasteiger partial charge in [0.15, 0.2) is 0 Å². The van der Waals surface area contributed by atoms with Gasteiger partial charge < -0.3 is 5.11 Å². The lowest BCUT2D eigenvalue weighted by molar-refractivity contribution is 0.177. The van der Waals surface area contributed by atoms with E-state index in [2.05, 4.69) is 11.8 Å². The quantitative estimate of drug-likeness (QED) is 0.474. The molecule has 0 aliphatic heterocycles. The molecule has 0 spiro atoms. The molecule has 1 nitrogen and oxygen atoms in total. The van der Waals surface area contributed by atoms with E-state index in [1.54, 1.807) is 6.92 Å². The number of aliphatic hydroxyl groups is 1. The van der Waals surface area contributed by atoms with Crippen LogP contribution in [0, 0.1) is 17.8 Å². The third-order valence-electron chi connectivity index (χ3n) is 1.77. The first-order valence-electron chi connectivity index (χ1n) is 3.86. The van der Waals surface area contributed by atoms with Gasteiger partial charge in [-0.05, 0) is 33.3 Å². The standard InChI is InChI=1S/C10H16O/c1-5-7-9(4)10(11)8(3)6-2/h6,9-11H,1-4H3/b8-6-. The van der Waals surface area contributed by atoms with Crippen molar-refractivity contribution in [2.75, 3.05) is 0 Å². The SMILES string of the molecule is CC#CC(C)C(O)/C(C)=C\C. The van der Waals surface area contributed by atoms with Crippen LogP contribution in [0.3, 0.4) is 0 Å². The first-order valence-corrected chi connectivity index (χ1v) is 3.86. The van der Waals surface area contributed by atoms with E-state index in [4.69, 9.17) is 0 Å². The molecule has 0 aromatic carbocycles. The number of hydrogen-bond donors (Lipinski definition) is 1. The van der Waals surface area contributed by atoms with Crippen molar-refractivity contribution in [2.24, 2.45) is 5.92 Å². The van der Waals surface area contributed by atoms with Gasteiger partial charge in [-0.25, -0.2) is 0 Å². The molecule has 0 heterocycles. The predicted molar refractivity (Wildman–Crippen MR) is 48.1 cm³/mol. The van der Waals surface area contributed by atoms with Gasteiger partial charge in [0.25, 0.3) is 0 Å².